The molecule has 1 N–H and O–H groups in total. The SMILES string of the molecule is CN1CCN(C(CO)c2ccc(Br)cc2)CC1. The largest absolute Gasteiger partial charge is 0.394 e. The second kappa shape index (κ2) is 5.96. The van der Waals surface area contributed by atoms with Crippen molar-refractivity contribution in [2.45, 2.75) is 6.04 Å². The van der Waals surface area contributed by atoms with E-state index in [9.17, 15) is 5.11 Å². The molecule has 3 nitrogen and oxygen atoms in total. The molecule has 0 spiro atoms. The van der Waals surface area contributed by atoms with Gasteiger partial charge in [-0.2, -0.15) is 0 Å². The number of likely N-dealkylation sites (N-methyl/N-ethyl adjacent to an activating group) is 1. The van der Waals surface area contributed by atoms with Crippen LogP contribution in [-0.4, -0.2) is 54.7 Å². The molecule has 0 radical (unpaired) electrons. The van der Waals surface area contributed by atoms with Crippen LogP contribution in [0.4, 0.5) is 0 Å². The van der Waals surface area contributed by atoms with E-state index >= 15 is 0 Å². The monoisotopic (exact) mass is 298 g/mol. The van der Waals surface area contributed by atoms with Gasteiger partial charge in [0.15, 0.2) is 0 Å². The number of halogens is 1. The first-order chi connectivity index (χ1) is 8.20. The van der Waals surface area contributed by atoms with Crippen LogP contribution in [-0.2, 0) is 0 Å². The van der Waals surface area contributed by atoms with Gasteiger partial charge in [-0.25, -0.2) is 0 Å². The Labute approximate surface area is 111 Å². The van der Waals surface area contributed by atoms with Crippen molar-refractivity contribution >= 4 is 15.9 Å². The molecular formula is C13H19BrN2O. The van der Waals surface area contributed by atoms with Crippen LogP contribution in [0.25, 0.3) is 0 Å². The van der Waals surface area contributed by atoms with Crippen LogP contribution in [0.5, 0.6) is 0 Å². The van der Waals surface area contributed by atoms with E-state index in [4.69, 9.17) is 0 Å². The Morgan fingerprint density at radius 3 is 2.29 bits per heavy atom. The number of hydrogen-bond donors (Lipinski definition) is 1. The number of aliphatic hydroxyl groups is 1. The molecule has 94 valence electrons. The highest BCUT2D eigenvalue weighted by Gasteiger charge is 2.22. The molecule has 1 aliphatic heterocycles. The molecule has 1 unspecified atom stereocenters. The molecule has 17 heavy (non-hydrogen) atoms. The molecule has 1 saturated heterocycles. The van der Waals surface area contributed by atoms with Crippen molar-refractivity contribution in [3.63, 3.8) is 0 Å². The summed E-state index contributed by atoms with van der Waals surface area (Å²) in [5, 5.41) is 9.60. The van der Waals surface area contributed by atoms with Crippen molar-refractivity contribution in [3.05, 3.63) is 34.3 Å². The zero-order valence-electron chi connectivity index (χ0n) is 10.1. The van der Waals surface area contributed by atoms with Crippen LogP contribution in [0.3, 0.4) is 0 Å². The minimum atomic E-state index is 0.136. The normalized spacial score (nSPS) is 20.4. The number of rotatable bonds is 3. The molecule has 1 heterocycles. The van der Waals surface area contributed by atoms with E-state index in [1.807, 2.05) is 12.1 Å². The van der Waals surface area contributed by atoms with Crippen molar-refractivity contribution in [3.8, 4) is 0 Å². The van der Waals surface area contributed by atoms with E-state index in [1.165, 1.54) is 5.56 Å². The van der Waals surface area contributed by atoms with E-state index in [2.05, 4.69) is 44.9 Å². The van der Waals surface area contributed by atoms with Gasteiger partial charge in [-0.05, 0) is 24.7 Å². The van der Waals surface area contributed by atoms with E-state index in [1.54, 1.807) is 0 Å². The highest BCUT2D eigenvalue weighted by molar-refractivity contribution is 9.10. The molecule has 0 aromatic heterocycles. The highest BCUT2D eigenvalue weighted by Crippen LogP contribution is 2.23. The Kier molecular flexibility index (Phi) is 4.56. The Morgan fingerprint density at radius 2 is 1.76 bits per heavy atom. The molecule has 1 aromatic carbocycles. The lowest BCUT2D eigenvalue weighted by Gasteiger charge is -2.37. The lowest BCUT2D eigenvalue weighted by atomic mass is 10.1. The van der Waals surface area contributed by atoms with Gasteiger partial charge in [-0.3, -0.25) is 4.90 Å². The second-order valence-corrected chi connectivity index (χ2v) is 5.50. The minimum Gasteiger partial charge on any atom is -0.394 e. The molecule has 1 aromatic rings. The van der Waals surface area contributed by atoms with Crippen molar-refractivity contribution in [1.82, 2.24) is 9.80 Å². The summed E-state index contributed by atoms with van der Waals surface area (Å²) in [4.78, 5) is 4.69. The number of piperazine rings is 1. The summed E-state index contributed by atoms with van der Waals surface area (Å²) in [6, 6.07) is 8.38. The Morgan fingerprint density at radius 1 is 1.18 bits per heavy atom. The molecular weight excluding hydrogens is 280 g/mol. The number of aliphatic hydroxyl groups excluding tert-OH is 1. The third-order valence-corrected chi connectivity index (χ3v) is 3.94. The van der Waals surface area contributed by atoms with Crippen molar-refractivity contribution in [2.75, 3.05) is 39.8 Å². The molecule has 4 heteroatoms. The Balaban J connectivity index is 2.08. The van der Waals surface area contributed by atoms with Gasteiger partial charge in [0.05, 0.1) is 12.6 Å². The van der Waals surface area contributed by atoms with Gasteiger partial charge < -0.3 is 10.0 Å². The van der Waals surface area contributed by atoms with Crippen LogP contribution >= 0.6 is 15.9 Å². The van der Waals surface area contributed by atoms with Gasteiger partial charge in [0.25, 0.3) is 0 Å². The van der Waals surface area contributed by atoms with E-state index < -0.39 is 0 Å². The first-order valence-electron chi connectivity index (χ1n) is 5.99. The average molecular weight is 299 g/mol. The fourth-order valence-corrected chi connectivity index (χ4v) is 2.51. The van der Waals surface area contributed by atoms with Gasteiger partial charge in [0.1, 0.15) is 0 Å². The molecule has 0 bridgehead atoms. The number of hydrogen-bond acceptors (Lipinski definition) is 3. The molecule has 2 rings (SSSR count). The summed E-state index contributed by atoms with van der Waals surface area (Å²) in [6.07, 6.45) is 0. The van der Waals surface area contributed by atoms with Gasteiger partial charge in [0.2, 0.25) is 0 Å². The van der Waals surface area contributed by atoms with E-state index in [-0.39, 0.29) is 12.6 Å². The van der Waals surface area contributed by atoms with Gasteiger partial charge in [0, 0.05) is 30.7 Å². The summed E-state index contributed by atoms with van der Waals surface area (Å²) in [6.45, 7) is 4.39. The molecule has 1 fully saturated rings. The molecule has 1 aliphatic rings. The fourth-order valence-electron chi connectivity index (χ4n) is 2.25. The van der Waals surface area contributed by atoms with Crippen LogP contribution < -0.4 is 0 Å². The van der Waals surface area contributed by atoms with Crippen LogP contribution in [0.2, 0.25) is 0 Å². The maximum absolute atomic E-state index is 9.60. The van der Waals surface area contributed by atoms with Crippen LogP contribution in [0.15, 0.2) is 28.7 Å². The average Bonchev–Trinajstić information content (AvgIpc) is 2.35. The summed E-state index contributed by atoms with van der Waals surface area (Å²) in [5.41, 5.74) is 1.19. The van der Waals surface area contributed by atoms with Gasteiger partial charge in [-0.15, -0.1) is 0 Å². The quantitative estimate of drug-likeness (QED) is 0.921. The number of benzene rings is 1. The Hall–Kier alpha value is -0.420. The van der Waals surface area contributed by atoms with E-state index in [0.717, 1.165) is 30.7 Å². The Bertz CT molecular complexity index is 347. The van der Waals surface area contributed by atoms with Crippen molar-refractivity contribution in [2.24, 2.45) is 0 Å². The highest BCUT2D eigenvalue weighted by atomic mass is 79.9. The summed E-state index contributed by atoms with van der Waals surface area (Å²) >= 11 is 3.44. The standard InChI is InChI=1S/C13H19BrN2O/c1-15-6-8-16(9-7-15)13(10-17)11-2-4-12(14)5-3-11/h2-5,13,17H,6-10H2,1H3. The van der Waals surface area contributed by atoms with E-state index in [0.29, 0.717) is 0 Å². The maximum atomic E-state index is 9.60. The zero-order valence-corrected chi connectivity index (χ0v) is 11.7. The summed E-state index contributed by atoms with van der Waals surface area (Å²) in [7, 11) is 2.14. The predicted octanol–water partition coefficient (Wildman–Crippen LogP) is 1.73. The first kappa shape index (κ1) is 13.0. The second-order valence-electron chi connectivity index (χ2n) is 4.59. The smallest absolute Gasteiger partial charge is 0.0628 e. The fraction of sp³-hybridized carbons (Fsp3) is 0.538. The first-order valence-corrected chi connectivity index (χ1v) is 6.79. The topological polar surface area (TPSA) is 26.7 Å². The lowest BCUT2D eigenvalue weighted by Crippen LogP contribution is -2.46. The third-order valence-electron chi connectivity index (χ3n) is 3.41. The third kappa shape index (κ3) is 3.28. The summed E-state index contributed by atoms with van der Waals surface area (Å²) in [5.74, 6) is 0. The summed E-state index contributed by atoms with van der Waals surface area (Å²) < 4.78 is 1.08. The van der Waals surface area contributed by atoms with Crippen molar-refractivity contribution < 1.29 is 5.11 Å². The molecule has 1 atom stereocenters. The number of nitrogens with zero attached hydrogens (tertiary/aromatic N) is 2. The zero-order chi connectivity index (χ0) is 12.3. The molecule has 0 amide bonds. The molecule has 0 aliphatic carbocycles. The maximum Gasteiger partial charge on any atom is 0.0628 e. The van der Waals surface area contributed by atoms with Crippen LogP contribution in [0, 0.1) is 0 Å². The lowest BCUT2D eigenvalue weighted by molar-refractivity contribution is 0.0748. The predicted molar refractivity (Wildman–Crippen MR) is 73.0 cm³/mol. The minimum absolute atomic E-state index is 0.136. The van der Waals surface area contributed by atoms with Crippen LogP contribution in [0.1, 0.15) is 11.6 Å². The molecule has 0 saturated carbocycles. The van der Waals surface area contributed by atoms with Gasteiger partial charge in [-0.1, -0.05) is 28.1 Å². The van der Waals surface area contributed by atoms with Crippen molar-refractivity contribution in [1.29, 1.82) is 0 Å². The van der Waals surface area contributed by atoms with Gasteiger partial charge >= 0.3 is 0 Å².